The Morgan fingerprint density at radius 1 is 1.31 bits per heavy atom. The van der Waals surface area contributed by atoms with E-state index in [1.807, 2.05) is 6.20 Å². The maximum atomic E-state index is 12.9. The number of rotatable bonds is 3. The standard InChI is InChI=1S/C17H16ClF3N4O/c18-12-6-11(17(19,20)21)2-3-13(12)23-15(26)16(4-1-5-16)25-9-10-7-22-8-14(10)24-25/h2-3,6,9,22H,1,4-5,7-8H2,(H,23,26). The Morgan fingerprint density at radius 2 is 2.08 bits per heavy atom. The van der Waals surface area contributed by atoms with Crippen LogP contribution in [-0.4, -0.2) is 15.7 Å². The maximum Gasteiger partial charge on any atom is 0.416 e. The van der Waals surface area contributed by atoms with Crippen LogP contribution in [0.1, 0.15) is 36.1 Å². The molecule has 1 fully saturated rings. The number of halogens is 4. The van der Waals surface area contributed by atoms with Crippen molar-refractivity contribution in [2.75, 3.05) is 5.32 Å². The lowest BCUT2D eigenvalue weighted by Gasteiger charge is -2.40. The molecule has 1 aliphatic carbocycles. The van der Waals surface area contributed by atoms with Crippen LogP contribution in [0.3, 0.4) is 0 Å². The molecule has 26 heavy (non-hydrogen) atoms. The number of anilines is 1. The third kappa shape index (κ3) is 2.77. The fraction of sp³-hybridized carbons (Fsp3) is 0.412. The van der Waals surface area contributed by atoms with Gasteiger partial charge in [0, 0.05) is 24.8 Å². The Kier molecular flexibility index (Phi) is 4.00. The molecule has 2 aromatic rings. The summed E-state index contributed by atoms with van der Waals surface area (Å²) in [4.78, 5) is 12.9. The van der Waals surface area contributed by atoms with E-state index in [1.54, 1.807) is 4.68 Å². The second-order valence-corrected chi connectivity index (χ2v) is 7.09. The molecular formula is C17H16ClF3N4O. The van der Waals surface area contributed by atoms with Crippen LogP contribution in [0.25, 0.3) is 0 Å². The monoisotopic (exact) mass is 384 g/mol. The van der Waals surface area contributed by atoms with Crippen LogP contribution >= 0.6 is 11.6 Å². The van der Waals surface area contributed by atoms with Crippen molar-refractivity contribution in [2.24, 2.45) is 0 Å². The zero-order valence-corrected chi connectivity index (χ0v) is 14.4. The number of hydrogen-bond acceptors (Lipinski definition) is 3. The van der Waals surface area contributed by atoms with Crippen molar-refractivity contribution in [1.82, 2.24) is 15.1 Å². The van der Waals surface area contributed by atoms with E-state index in [-0.39, 0.29) is 16.6 Å². The molecule has 0 bridgehead atoms. The first-order valence-electron chi connectivity index (χ1n) is 8.26. The number of aromatic nitrogens is 2. The van der Waals surface area contributed by atoms with E-state index in [4.69, 9.17) is 11.6 Å². The first-order chi connectivity index (χ1) is 12.3. The summed E-state index contributed by atoms with van der Waals surface area (Å²) >= 11 is 5.95. The molecular weight excluding hydrogens is 369 g/mol. The maximum absolute atomic E-state index is 12.9. The van der Waals surface area contributed by atoms with Crippen LogP contribution in [0.5, 0.6) is 0 Å². The van der Waals surface area contributed by atoms with Crippen LogP contribution in [-0.2, 0) is 29.6 Å². The Bertz CT molecular complexity index is 852. The molecule has 0 saturated heterocycles. The molecule has 1 amide bonds. The number of nitrogens with zero attached hydrogens (tertiary/aromatic N) is 2. The van der Waals surface area contributed by atoms with E-state index in [9.17, 15) is 18.0 Å². The first kappa shape index (κ1) is 17.4. The summed E-state index contributed by atoms with van der Waals surface area (Å²) in [7, 11) is 0. The minimum atomic E-state index is -4.48. The third-order valence-electron chi connectivity index (χ3n) is 5.07. The van der Waals surface area contributed by atoms with Crippen molar-refractivity contribution >= 4 is 23.2 Å². The second kappa shape index (κ2) is 5.99. The molecule has 138 valence electrons. The van der Waals surface area contributed by atoms with Gasteiger partial charge in [-0.05, 0) is 37.5 Å². The van der Waals surface area contributed by atoms with E-state index in [2.05, 4.69) is 15.7 Å². The number of nitrogens with one attached hydrogen (secondary N) is 2. The molecule has 0 spiro atoms. The summed E-state index contributed by atoms with van der Waals surface area (Å²) in [5.74, 6) is -0.306. The predicted molar refractivity (Wildman–Crippen MR) is 89.7 cm³/mol. The van der Waals surface area contributed by atoms with E-state index < -0.39 is 17.3 Å². The number of alkyl halides is 3. The van der Waals surface area contributed by atoms with E-state index in [0.717, 1.165) is 36.4 Å². The summed E-state index contributed by atoms with van der Waals surface area (Å²) in [6, 6.07) is 2.91. The molecule has 1 aliphatic heterocycles. The number of hydrogen-bond donors (Lipinski definition) is 2. The predicted octanol–water partition coefficient (Wildman–Crippen LogP) is 3.68. The highest BCUT2D eigenvalue weighted by atomic mass is 35.5. The fourth-order valence-electron chi connectivity index (χ4n) is 3.38. The summed E-state index contributed by atoms with van der Waals surface area (Å²) in [5, 5.41) is 10.3. The van der Waals surface area contributed by atoms with Gasteiger partial charge in [-0.2, -0.15) is 18.3 Å². The highest BCUT2D eigenvalue weighted by molar-refractivity contribution is 6.33. The van der Waals surface area contributed by atoms with Crippen molar-refractivity contribution in [1.29, 1.82) is 0 Å². The van der Waals surface area contributed by atoms with Crippen molar-refractivity contribution < 1.29 is 18.0 Å². The number of carbonyl (C=O) groups is 1. The quantitative estimate of drug-likeness (QED) is 0.848. The third-order valence-corrected chi connectivity index (χ3v) is 5.38. The van der Waals surface area contributed by atoms with Gasteiger partial charge in [-0.25, -0.2) is 0 Å². The van der Waals surface area contributed by atoms with Crippen molar-refractivity contribution in [2.45, 2.75) is 44.1 Å². The van der Waals surface area contributed by atoms with E-state index >= 15 is 0 Å². The average Bonchev–Trinajstić information content (AvgIpc) is 3.09. The Hall–Kier alpha value is -2.06. The Labute approximate surface area is 152 Å². The normalized spacial score (nSPS) is 18.3. The molecule has 0 unspecified atom stereocenters. The minimum absolute atomic E-state index is 0.144. The van der Waals surface area contributed by atoms with Crippen LogP contribution < -0.4 is 10.6 Å². The van der Waals surface area contributed by atoms with E-state index in [0.29, 0.717) is 19.4 Å². The van der Waals surface area contributed by atoms with Crippen LogP contribution in [0, 0.1) is 0 Å². The Balaban J connectivity index is 1.58. The fourth-order valence-corrected chi connectivity index (χ4v) is 3.61. The Morgan fingerprint density at radius 3 is 2.65 bits per heavy atom. The minimum Gasteiger partial charge on any atom is -0.323 e. The van der Waals surface area contributed by atoms with Gasteiger partial charge in [-0.15, -0.1) is 0 Å². The molecule has 2 aliphatic rings. The van der Waals surface area contributed by atoms with Gasteiger partial charge in [0.25, 0.3) is 5.91 Å². The largest absolute Gasteiger partial charge is 0.416 e. The molecule has 4 rings (SSSR count). The molecule has 0 atom stereocenters. The van der Waals surface area contributed by atoms with Crippen molar-refractivity contribution in [3.05, 3.63) is 46.2 Å². The molecule has 5 nitrogen and oxygen atoms in total. The zero-order chi connectivity index (χ0) is 18.5. The lowest BCUT2D eigenvalue weighted by atomic mass is 9.76. The highest BCUT2D eigenvalue weighted by Gasteiger charge is 2.47. The summed E-state index contributed by atoms with van der Waals surface area (Å²) in [6.45, 7) is 1.39. The first-order valence-corrected chi connectivity index (χ1v) is 8.64. The highest BCUT2D eigenvalue weighted by Crippen LogP contribution is 2.41. The molecule has 2 heterocycles. The topological polar surface area (TPSA) is 59.0 Å². The number of fused-ring (bicyclic) bond motifs is 1. The van der Waals surface area contributed by atoms with E-state index in [1.165, 1.54) is 6.07 Å². The van der Waals surface area contributed by atoms with Gasteiger partial charge in [0.15, 0.2) is 0 Å². The van der Waals surface area contributed by atoms with Gasteiger partial charge >= 0.3 is 6.18 Å². The molecule has 1 aromatic carbocycles. The summed E-state index contributed by atoms with van der Waals surface area (Å²) < 4.78 is 40.0. The van der Waals surface area contributed by atoms with Gasteiger partial charge in [0.1, 0.15) is 5.54 Å². The summed E-state index contributed by atoms with van der Waals surface area (Å²) in [5.41, 5.74) is 0.497. The van der Waals surface area contributed by atoms with Crippen LogP contribution in [0.2, 0.25) is 5.02 Å². The smallest absolute Gasteiger partial charge is 0.323 e. The zero-order valence-electron chi connectivity index (χ0n) is 13.7. The number of carbonyl (C=O) groups excluding carboxylic acids is 1. The number of benzene rings is 1. The van der Waals surface area contributed by atoms with Gasteiger partial charge in [-0.3, -0.25) is 9.48 Å². The van der Waals surface area contributed by atoms with Gasteiger partial charge in [0.2, 0.25) is 0 Å². The van der Waals surface area contributed by atoms with Crippen molar-refractivity contribution in [3.63, 3.8) is 0 Å². The lowest BCUT2D eigenvalue weighted by Crippen LogP contribution is -2.51. The molecule has 1 aromatic heterocycles. The van der Waals surface area contributed by atoms with Crippen LogP contribution in [0.15, 0.2) is 24.4 Å². The molecule has 2 N–H and O–H groups in total. The second-order valence-electron chi connectivity index (χ2n) is 6.68. The lowest BCUT2D eigenvalue weighted by molar-refractivity contribution is -0.137. The van der Waals surface area contributed by atoms with Crippen LogP contribution in [0.4, 0.5) is 18.9 Å². The molecule has 1 saturated carbocycles. The van der Waals surface area contributed by atoms with Gasteiger partial charge < -0.3 is 10.6 Å². The summed E-state index contributed by atoms with van der Waals surface area (Å²) in [6.07, 6.45) is -0.458. The number of amides is 1. The average molecular weight is 385 g/mol. The van der Waals surface area contributed by atoms with Gasteiger partial charge in [0.05, 0.1) is 22.0 Å². The SMILES string of the molecule is O=C(Nc1ccc(C(F)(F)F)cc1Cl)C1(n2cc3c(n2)CNC3)CCC1. The van der Waals surface area contributed by atoms with Gasteiger partial charge in [-0.1, -0.05) is 11.6 Å². The molecule has 0 radical (unpaired) electrons. The molecule has 9 heteroatoms. The van der Waals surface area contributed by atoms with Crippen molar-refractivity contribution in [3.8, 4) is 0 Å².